The zero-order valence-corrected chi connectivity index (χ0v) is 9.80. The summed E-state index contributed by atoms with van der Waals surface area (Å²) < 4.78 is 0. The van der Waals surface area contributed by atoms with Crippen molar-refractivity contribution in [3.05, 3.63) is 29.3 Å². The van der Waals surface area contributed by atoms with E-state index in [-0.39, 0.29) is 12.6 Å². The SMILES string of the molecule is CCCCC(CO)Nc1cccc(Cl)c1. The van der Waals surface area contributed by atoms with Gasteiger partial charge in [0, 0.05) is 16.8 Å². The monoisotopic (exact) mass is 227 g/mol. The summed E-state index contributed by atoms with van der Waals surface area (Å²) in [5, 5.41) is 13.2. The molecule has 2 N–H and O–H groups in total. The molecule has 0 bridgehead atoms. The van der Waals surface area contributed by atoms with Crippen LogP contribution in [0.5, 0.6) is 0 Å². The lowest BCUT2D eigenvalue weighted by Crippen LogP contribution is -2.23. The highest BCUT2D eigenvalue weighted by Gasteiger charge is 2.06. The van der Waals surface area contributed by atoms with E-state index in [0.717, 1.165) is 24.9 Å². The zero-order chi connectivity index (χ0) is 11.1. The molecule has 3 heteroatoms. The van der Waals surface area contributed by atoms with Gasteiger partial charge >= 0.3 is 0 Å². The van der Waals surface area contributed by atoms with E-state index in [1.165, 1.54) is 0 Å². The Bertz CT molecular complexity index is 291. The van der Waals surface area contributed by atoms with E-state index in [1.54, 1.807) is 0 Å². The summed E-state index contributed by atoms with van der Waals surface area (Å²) in [6.07, 6.45) is 3.26. The highest BCUT2D eigenvalue weighted by molar-refractivity contribution is 6.30. The van der Waals surface area contributed by atoms with Crippen LogP contribution in [0.2, 0.25) is 5.02 Å². The molecule has 0 fully saturated rings. The van der Waals surface area contributed by atoms with Crippen LogP contribution in [0.25, 0.3) is 0 Å². The first-order chi connectivity index (χ1) is 7.26. The van der Waals surface area contributed by atoms with Gasteiger partial charge in [-0.3, -0.25) is 0 Å². The van der Waals surface area contributed by atoms with E-state index < -0.39 is 0 Å². The Balaban J connectivity index is 2.50. The van der Waals surface area contributed by atoms with Crippen molar-refractivity contribution in [1.29, 1.82) is 0 Å². The molecule has 0 saturated heterocycles. The van der Waals surface area contributed by atoms with E-state index in [9.17, 15) is 5.11 Å². The molecule has 1 aromatic rings. The van der Waals surface area contributed by atoms with Crippen molar-refractivity contribution in [1.82, 2.24) is 0 Å². The van der Waals surface area contributed by atoms with Crippen LogP contribution >= 0.6 is 11.6 Å². The number of anilines is 1. The van der Waals surface area contributed by atoms with Crippen LogP contribution in [0.3, 0.4) is 0 Å². The Kier molecular flexibility index (Phi) is 5.51. The average molecular weight is 228 g/mol. The first kappa shape index (κ1) is 12.3. The molecule has 1 unspecified atom stereocenters. The number of hydrogen-bond donors (Lipinski definition) is 2. The van der Waals surface area contributed by atoms with Crippen LogP contribution in [0.1, 0.15) is 26.2 Å². The van der Waals surface area contributed by atoms with Crippen molar-refractivity contribution in [3.8, 4) is 0 Å². The van der Waals surface area contributed by atoms with E-state index >= 15 is 0 Å². The molecule has 2 nitrogen and oxygen atoms in total. The van der Waals surface area contributed by atoms with E-state index in [4.69, 9.17) is 11.6 Å². The molecule has 1 aromatic carbocycles. The minimum atomic E-state index is 0.128. The van der Waals surface area contributed by atoms with Crippen molar-refractivity contribution < 1.29 is 5.11 Å². The van der Waals surface area contributed by atoms with Crippen molar-refractivity contribution in [2.24, 2.45) is 0 Å². The topological polar surface area (TPSA) is 32.3 Å². The second kappa shape index (κ2) is 6.70. The third kappa shape index (κ3) is 4.54. The van der Waals surface area contributed by atoms with Gasteiger partial charge in [0.2, 0.25) is 0 Å². The van der Waals surface area contributed by atoms with Crippen LogP contribution in [0.4, 0.5) is 5.69 Å². The number of nitrogens with one attached hydrogen (secondary N) is 1. The Morgan fingerprint density at radius 2 is 2.27 bits per heavy atom. The van der Waals surface area contributed by atoms with E-state index in [2.05, 4.69) is 12.2 Å². The molecule has 0 spiro atoms. The van der Waals surface area contributed by atoms with Gasteiger partial charge in [0.15, 0.2) is 0 Å². The average Bonchev–Trinajstić information content (AvgIpc) is 2.24. The van der Waals surface area contributed by atoms with Crippen LogP contribution in [0, 0.1) is 0 Å². The first-order valence-corrected chi connectivity index (χ1v) is 5.77. The molecular formula is C12H18ClNO. The fourth-order valence-corrected chi connectivity index (χ4v) is 1.66. The third-order valence-corrected chi connectivity index (χ3v) is 2.56. The zero-order valence-electron chi connectivity index (χ0n) is 9.04. The first-order valence-electron chi connectivity index (χ1n) is 5.39. The maximum absolute atomic E-state index is 9.19. The summed E-state index contributed by atoms with van der Waals surface area (Å²) in [6, 6.07) is 7.70. The molecule has 84 valence electrons. The maximum atomic E-state index is 9.19. The number of hydrogen-bond acceptors (Lipinski definition) is 2. The van der Waals surface area contributed by atoms with Gasteiger partial charge in [0.25, 0.3) is 0 Å². The van der Waals surface area contributed by atoms with E-state index in [1.807, 2.05) is 24.3 Å². The van der Waals surface area contributed by atoms with E-state index in [0.29, 0.717) is 5.02 Å². The Labute approximate surface area is 96.3 Å². The van der Waals surface area contributed by atoms with Crippen LogP contribution in [0.15, 0.2) is 24.3 Å². The normalized spacial score (nSPS) is 12.5. The minimum absolute atomic E-state index is 0.128. The van der Waals surface area contributed by atoms with Crippen molar-refractivity contribution in [3.63, 3.8) is 0 Å². The second-order valence-electron chi connectivity index (χ2n) is 3.68. The summed E-state index contributed by atoms with van der Waals surface area (Å²) in [5.41, 5.74) is 0.970. The fraction of sp³-hybridized carbons (Fsp3) is 0.500. The molecule has 0 aliphatic rings. The van der Waals surface area contributed by atoms with Gasteiger partial charge in [-0.1, -0.05) is 37.4 Å². The van der Waals surface area contributed by atoms with Gasteiger partial charge in [0.05, 0.1) is 6.61 Å². The van der Waals surface area contributed by atoms with Crippen LogP contribution in [-0.2, 0) is 0 Å². The number of benzene rings is 1. The number of aliphatic hydroxyl groups is 1. The summed E-state index contributed by atoms with van der Waals surface area (Å²) in [6.45, 7) is 2.31. The summed E-state index contributed by atoms with van der Waals surface area (Å²) in [7, 11) is 0. The molecule has 0 radical (unpaired) electrons. The molecular weight excluding hydrogens is 210 g/mol. The van der Waals surface area contributed by atoms with Crippen molar-refractivity contribution in [2.45, 2.75) is 32.2 Å². The second-order valence-corrected chi connectivity index (χ2v) is 4.11. The summed E-state index contributed by atoms with van der Waals surface area (Å²) >= 11 is 5.87. The highest BCUT2D eigenvalue weighted by atomic mass is 35.5. The van der Waals surface area contributed by atoms with Gasteiger partial charge in [-0.25, -0.2) is 0 Å². The molecule has 0 heterocycles. The molecule has 0 aliphatic carbocycles. The lowest BCUT2D eigenvalue weighted by Gasteiger charge is -2.17. The van der Waals surface area contributed by atoms with Crippen LogP contribution in [-0.4, -0.2) is 17.8 Å². The van der Waals surface area contributed by atoms with Gasteiger partial charge < -0.3 is 10.4 Å². The number of aliphatic hydroxyl groups excluding tert-OH is 1. The van der Waals surface area contributed by atoms with Crippen molar-refractivity contribution >= 4 is 17.3 Å². The molecule has 0 saturated carbocycles. The molecule has 0 aliphatic heterocycles. The standard InChI is InChI=1S/C12H18ClNO/c1-2-3-6-12(9-15)14-11-7-4-5-10(13)8-11/h4-5,7-8,12,14-15H,2-3,6,9H2,1H3. The predicted octanol–water partition coefficient (Wildman–Crippen LogP) is 3.30. The van der Waals surface area contributed by atoms with Gasteiger partial charge in [-0.05, 0) is 24.6 Å². The van der Waals surface area contributed by atoms with Gasteiger partial charge in [0.1, 0.15) is 0 Å². The molecule has 1 atom stereocenters. The van der Waals surface area contributed by atoms with Gasteiger partial charge in [-0.15, -0.1) is 0 Å². The smallest absolute Gasteiger partial charge is 0.0632 e. The number of unbranched alkanes of at least 4 members (excludes halogenated alkanes) is 1. The van der Waals surface area contributed by atoms with Crippen molar-refractivity contribution in [2.75, 3.05) is 11.9 Å². The largest absolute Gasteiger partial charge is 0.394 e. The summed E-state index contributed by atoms with van der Waals surface area (Å²) in [4.78, 5) is 0. The maximum Gasteiger partial charge on any atom is 0.0632 e. The minimum Gasteiger partial charge on any atom is -0.394 e. The Morgan fingerprint density at radius 1 is 1.47 bits per heavy atom. The lowest BCUT2D eigenvalue weighted by molar-refractivity contribution is 0.267. The molecule has 0 amide bonds. The quantitative estimate of drug-likeness (QED) is 0.782. The number of halogens is 1. The van der Waals surface area contributed by atoms with Crippen LogP contribution < -0.4 is 5.32 Å². The third-order valence-electron chi connectivity index (χ3n) is 2.32. The Hall–Kier alpha value is -0.730. The predicted molar refractivity (Wildman–Crippen MR) is 65.5 cm³/mol. The summed E-state index contributed by atoms with van der Waals surface area (Å²) in [5.74, 6) is 0. The number of rotatable bonds is 6. The molecule has 0 aromatic heterocycles. The molecule has 1 rings (SSSR count). The fourth-order valence-electron chi connectivity index (χ4n) is 1.47. The Morgan fingerprint density at radius 3 is 2.87 bits per heavy atom. The molecule has 15 heavy (non-hydrogen) atoms. The van der Waals surface area contributed by atoms with Gasteiger partial charge in [-0.2, -0.15) is 0 Å². The highest BCUT2D eigenvalue weighted by Crippen LogP contribution is 2.16. The lowest BCUT2D eigenvalue weighted by atomic mass is 10.1.